The summed E-state index contributed by atoms with van der Waals surface area (Å²) in [5, 5.41) is 58.9. The number of para-hydroxylation sites is 2. The van der Waals surface area contributed by atoms with E-state index in [4.69, 9.17) is 11.5 Å². The third-order valence-corrected chi connectivity index (χ3v) is 21.4. The van der Waals surface area contributed by atoms with Gasteiger partial charge in [-0.05, 0) is 85.8 Å². The monoisotopic (exact) mass is 1640 g/mol. The number of amides is 13. The van der Waals surface area contributed by atoms with Gasteiger partial charge in [-0.3, -0.25) is 71.9 Å². The van der Waals surface area contributed by atoms with Crippen molar-refractivity contribution in [2.75, 3.05) is 32.1 Å². The van der Waals surface area contributed by atoms with Gasteiger partial charge in [0.15, 0.2) is 0 Å². The molecular weight excluding hydrogens is 1530 g/mol. The molecular formula is C82H110N16O18S. The summed E-state index contributed by atoms with van der Waals surface area (Å²) in [6.45, 7) is 8.91. The maximum absolute atomic E-state index is 15.7. The molecule has 34 nitrogen and oxygen atoms in total. The highest BCUT2D eigenvalue weighted by Crippen LogP contribution is 2.26. The molecule has 3 heterocycles. The number of thioether (sulfide) groups is 1. The Morgan fingerprint density at radius 1 is 0.479 bits per heavy atom. The van der Waals surface area contributed by atoms with Gasteiger partial charge in [0, 0.05) is 113 Å². The number of rotatable bonds is 22. The Balaban J connectivity index is 1.34. The van der Waals surface area contributed by atoms with Crippen LogP contribution in [0.15, 0.2) is 122 Å². The quantitative estimate of drug-likeness (QED) is 0.0433. The largest absolute Gasteiger partial charge is 0.481 e. The van der Waals surface area contributed by atoms with E-state index >= 15 is 28.8 Å². The minimum atomic E-state index is -1.90. The van der Waals surface area contributed by atoms with Gasteiger partial charge in [-0.15, -0.1) is 11.8 Å². The Hall–Kier alpha value is -11.7. The number of nitrogens with zero attached hydrogens (tertiary/aromatic N) is 4. The smallest absolute Gasteiger partial charge is 0.303 e. The lowest BCUT2D eigenvalue weighted by Gasteiger charge is -2.33. The number of carboxylic acids is 2. The Morgan fingerprint density at radius 2 is 0.906 bits per heavy atom. The van der Waals surface area contributed by atoms with E-state index in [-0.39, 0.29) is 63.0 Å². The molecule has 0 saturated carbocycles. The van der Waals surface area contributed by atoms with Crippen LogP contribution in [-0.4, -0.2) is 234 Å². The molecule has 1 aliphatic rings. The summed E-state index contributed by atoms with van der Waals surface area (Å²) in [6, 6.07) is 12.7. The van der Waals surface area contributed by atoms with Gasteiger partial charge in [-0.1, -0.05) is 125 Å². The van der Waals surface area contributed by atoms with Crippen LogP contribution in [0.1, 0.15) is 109 Å². The van der Waals surface area contributed by atoms with Crippen LogP contribution in [0.25, 0.3) is 21.8 Å². The van der Waals surface area contributed by atoms with Crippen LogP contribution in [0, 0.1) is 11.8 Å². The predicted octanol–water partition coefficient (Wildman–Crippen LogP) is 0.246. The van der Waals surface area contributed by atoms with Crippen LogP contribution >= 0.6 is 11.8 Å². The lowest BCUT2D eigenvalue weighted by atomic mass is 9.98. The lowest BCUT2D eigenvalue weighted by molar-refractivity contribution is -0.143. The van der Waals surface area contributed by atoms with E-state index in [1.807, 2.05) is 28.8 Å². The fourth-order valence-electron chi connectivity index (χ4n) is 13.9. The molecule has 0 bridgehead atoms. The first kappa shape index (κ1) is 92.5. The summed E-state index contributed by atoms with van der Waals surface area (Å²) >= 11 is 0.961. The molecule has 1 aliphatic heterocycles. The summed E-state index contributed by atoms with van der Waals surface area (Å²) in [7, 11) is 6.09. The van der Waals surface area contributed by atoms with Gasteiger partial charge >= 0.3 is 11.9 Å². The van der Waals surface area contributed by atoms with Gasteiger partial charge < -0.3 is 98.9 Å². The summed E-state index contributed by atoms with van der Waals surface area (Å²) in [5.74, 6) is -16.7. The SMILES string of the molecule is CC(C)C[C@@H]1NC(=O)[C@H](CC(N)=O)NC(=O)[C@H](Cc2ccccc2)N(C)C(=O)[C@@H](C)NC(=O)CSCC(CN)NC(=O)[C@H](CCC(=O)O)NC(=O)[C@H]([C@@H](C)O)NC(=O)[C@H](Cc2cn(C)c3ccccc23)NC(=O)[C@H](C(C)C)NC(=O)[C@H](Cc2cn(C)c3ccccc23)NC(=O)[C@H](Cc2ccccc2)N(C)C(=O)[C@H](CCCC(=O)O)NC1=O. The van der Waals surface area contributed by atoms with Crippen molar-refractivity contribution in [3.63, 3.8) is 0 Å². The number of nitrogens with two attached hydrogens (primary N) is 2. The van der Waals surface area contributed by atoms with Crippen LogP contribution in [0.2, 0.25) is 0 Å². The number of likely N-dealkylation sites (N-methyl/N-ethyl adjacent to an activating group) is 2. The molecule has 6 aromatic rings. The van der Waals surface area contributed by atoms with Crippen molar-refractivity contribution < 1.29 is 87.2 Å². The zero-order valence-electron chi connectivity index (χ0n) is 67.4. The minimum Gasteiger partial charge on any atom is -0.481 e. The normalized spacial score (nSPS) is 23.5. The van der Waals surface area contributed by atoms with E-state index in [1.165, 1.54) is 27.9 Å². The first-order valence-electron chi connectivity index (χ1n) is 38.8. The number of aliphatic hydroxyl groups excluding tert-OH is 1. The number of aromatic nitrogens is 2. The van der Waals surface area contributed by atoms with E-state index in [0.717, 1.165) is 32.6 Å². The van der Waals surface area contributed by atoms with E-state index in [2.05, 4.69) is 53.2 Å². The van der Waals surface area contributed by atoms with Crippen molar-refractivity contribution >= 4 is 122 Å². The molecule has 0 spiro atoms. The molecule has 632 valence electrons. The molecule has 13 atom stereocenters. The summed E-state index contributed by atoms with van der Waals surface area (Å²) in [4.78, 5) is 218. The zero-order valence-corrected chi connectivity index (χ0v) is 68.2. The molecule has 1 fully saturated rings. The Labute approximate surface area is 682 Å². The molecule has 0 aliphatic carbocycles. The molecule has 17 N–H and O–H groups in total. The second-order valence-electron chi connectivity index (χ2n) is 30.4. The third-order valence-electron chi connectivity index (χ3n) is 20.2. The molecule has 117 heavy (non-hydrogen) atoms. The van der Waals surface area contributed by atoms with Crippen LogP contribution < -0.4 is 64.6 Å². The van der Waals surface area contributed by atoms with Crippen molar-refractivity contribution in [1.29, 1.82) is 0 Å². The Kier molecular flexibility index (Phi) is 34.6. The van der Waals surface area contributed by atoms with Gasteiger partial charge in [0.25, 0.3) is 0 Å². The molecule has 1 saturated heterocycles. The number of primary amides is 1. The average molecular weight is 1640 g/mol. The van der Waals surface area contributed by atoms with Gasteiger partial charge in [-0.2, -0.15) is 0 Å². The second-order valence-corrected chi connectivity index (χ2v) is 31.4. The van der Waals surface area contributed by atoms with Crippen molar-refractivity contribution in [1.82, 2.24) is 72.1 Å². The highest BCUT2D eigenvalue weighted by molar-refractivity contribution is 8.00. The zero-order chi connectivity index (χ0) is 86.1. The standard InChI is InChI=1S/C82H110N16O18S/c1-45(2)34-58-73(107)88-57(28-21-31-68(102)103)82(116)98(10)65(36-50-24-15-12-16-25-50)78(112)90-59(37-51-41-95(7)62-29-19-17-26-54(51)62)75(109)93-70(46(3)4)79(113)92-60(38-52-42-96(8)63-30-20-18-27-55(52)63)76(110)94-71(48(6)99)80(114)87-56(32-33-69(104)105)72(106)86-53(40-83)43-117-44-67(101)85-47(5)81(115)97(9)64(35-49-22-13-11-14-23-49)77(111)91-61(39-66(84)100)74(108)89-58/h11-20,22-27,29-30,41-42,45-48,53,56-61,64-65,70-71,99H,21,28,31-40,43-44,83H2,1-10H3,(H2,84,100)(H,85,101)(H,86,106)(H,87,114)(H,88,107)(H,89,108)(H,90,112)(H,91,111)(H,92,113)(H,93,109)(H,94,110)(H,102,103)(H,104,105)/t47-,48-,53?,56+,57+,58+,59+,60+,61+,64+,65+,70+,71+/m1/s1. The first-order chi connectivity index (χ1) is 55.4. The molecule has 0 radical (unpaired) electrons. The molecule has 4 aromatic carbocycles. The van der Waals surface area contributed by atoms with E-state index in [9.17, 15) is 58.5 Å². The summed E-state index contributed by atoms with van der Waals surface area (Å²) in [6.07, 6.45) is -2.41. The van der Waals surface area contributed by atoms with Gasteiger partial charge in [0.1, 0.15) is 66.5 Å². The van der Waals surface area contributed by atoms with Crippen molar-refractivity contribution in [2.24, 2.45) is 37.4 Å². The number of benzene rings is 4. The first-order valence-corrected chi connectivity index (χ1v) is 40.0. The summed E-state index contributed by atoms with van der Waals surface area (Å²) < 4.78 is 3.60. The van der Waals surface area contributed by atoms with Crippen LogP contribution in [0.5, 0.6) is 0 Å². The Bertz CT molecular complexity index is 4540. The van der Waals surface area contributed by atoms with E-state index < -0.39 is 205 Å². The van der Waals surface area contributed by atoms with Crippen molar-refractivity contribution in [3.05, 3.63) is 144 Å². The number of nitrogens with one attached hydrogen (secondary N) is 10. The van der Waals surface area contributed by atoms with E-state index in [0.29, 0.717) is 33.0 Å². The number of hydrogen-bond donors (Lipinski definition) is 15. The molecule has 35 heteroatoms. The van der Waals surface area contributed by atoms with Crippen LogP contribution in [0.3, 0.4) is 0 Å². The third kappa shape index (κ3) is 26.9. The number of carboxylic acid groups (broad SMARTS) is 2. The molecule has 2 aromatic heterocycles. The fourth-order valence-corrected chi connectivity index (χ4v) is 14.8. The maximum Gasteiger partial charge on any atom is 0.303 e. The fraction of sp³-hybridized carbons (Fsp3) is 0.476. The molecule has 1 unspecified atom stereocenters. The number of aliphatic carboxylic acids is 2. The minimum absolute atomic E-state index is 0.0679. The number of fused-ring (bicyclic) bond motifs is 2. The van der Waals surface area contributed by atoms with Crippen LogP contribution in [-0.2, 0) is 112 Å². The van der Waals surface area contributed by atoms with E-state index in [1.54, 1.807) is 144 Å². The number of carbonyl (C=O) groups is 15. The predicted molar refractivity (Wildman–Crippen MR) is 436 cm³/mol. The number of hydrogen-bond acceptors (Lipinski definition) is 18. The average Bonchev–Trinajstić information content (AvgIpc) is 1.69. The molecule has 7 rings (SSSR count). The highest BCUT2D eigenvalue weighted by Gasteiger charge is 2.41. The van der Waals surface area contributed by atoms with Gasteiger partial charge in [0.05, 0.1) is 24.3 Å². The van der Waals surface area contributed by atoms with Gasteiger partial charge in [-0.25, -0.2) is 0 Å². The summed E-state index contributed by atoms with van der Waals surface area (Å²) in [5.41, 5.74) is 15.4. The topological polar surface area (TPSA) is 505 Å². The van der Waals surface area contributed by atoms with Gasteiger partial charge in [0.2, 0.25) is 76.8 Å². The maximum atomic E-state index is 15.7. The van der Waals surface area contributed by atoms with Crippen molar-refractivity contribution in [3.8, 4) is 0 Å². The number of aryl methyl sites for hydroxylation is 2. The highest BCUT2D eigenvalue weighted by atomic mass is 32.2. The van der Waals surface area contributed by atoms with Crippen molar-refractivity contribution in [2.45, 2.75) is 191 Å². The molecule has 13 amide bonds. The van der Waals surface area contributed by atoms with Crippen LogP contribution in [0.4, 0.5) is 0 Å². The second kappa shape index (κ2) is 43.8. The number of aliphatic hydroxyl groups is 1. The number of carbonyl (C=O) groups excluding carboxylic acids is 13. The Morgan fingerprint density at radius 3 is 1.39 bits per heavy atom. The lowest BCUT2D eigenvalue weighted by Crippen LogP contribution is -2.63.